The van der Waals surface area contributed by atoms with E-state index in [0.29, 0.717) is 6.04 Å². The number of carbonyl (C=O) groups is 2. The summed E-state index contributed by atoms with van der Waals surface area (Å²) >= 11 is 0. The third-order valence-corrected chi connectivity index (χ3v) is 2.57. The first-order chi connectivity index (χ1) is 8.04. The molecule has 3 N–H and O–H groups in total. The summed E-state index contributed by atoms with van der Waals surface area (Å²) in [6.45, 7) is 3.64. The highest BCUT2D eigenvalue weighted by Gasteiger charge is 2.26. The minimum Gasteiger partial charge on any atom is -0.352 e. The first kappa shape index (κ1) is 13.5. The number of nitrogens with one attached hydrogen (secondary N) is 3. The molecule has 0 bridgehead atoms. The van der Waals surface area contributed by atoms with Crippen LogP contribution in [-0.2, 0) is 9.59 Å². The summed E-state index contributed by atoms with van der Waals surface area (Å²) in [6.07, 6.45) is 7.14. The van der Waals surface area contributed by atoms with Gasteiger partial charge in [0.15, 0.2) is 0 Å². The van der Waals surface area contributed by atoms with Gasteiger partial charge in [0.05, 0.1) is 18.6 Å². The maximum Gasteiger partial charge on any atom is 0.237 e. The van der Waals surface area contributed by atoms with Crippen molar-refractivity contribution in [3.8, 4) is 12.3 Å². The van der Waals surface area contributed by atoms with E-state index in [0.717, 1.165) is 12.8 Å². The van der Waals surface area contributed by atoms with Gasteiger partial charge in [0.2, 0.25) is 11.8 Å². The zero-order valence-corrected chi connectivity index (χ0v) is 10.2. The molecule has 0 aromatic rings. The molecular weight excluding hydrogens is 218 g/mol. The van der Waals surface area contributed by atoms with Gasteiger partial charge < -0.3 is 10.6 Å². The van der Waals surface area contributed by atoms with Crippen molar-refractivity contribution < 1.29 is 9.59 Å². The highest BCUT2D eigenvalue weighted by atomic mass is 16.2. The minimum absolute atomic E-state index is 0.0656. The monoisotopic (exact) mass is 237 g/mol. The molecule has 0 aliphatic heterocycles. The lowest BCUT2D eigenvalue weighted by Gasteiger charge is -2.18. The summed E-state index contributed by atoms with van der Waals surface area (Å²) < 4.78 is 0. The normalized spacial score (nSPS) is 17.7. The van der Waals surface area contributed by atoms with Gasteiger partial charge in [0.25, 0.3) is 0 Å². The summed E-state index contributed by atoms with van der Waals surface area (Å²) in [5.41, 5.74) is 0. The molecule has 0 aromatic carbocycles. The van der Waals surface area contributed by atoms with Crippen molar-refractivity contribution in [3.05, 3.63) is 0 Å². The standard InChI is InChI=1S/C12H19N3O2/c1-4-7-13-11(16)8(2)14-9(3)12(17)15-10-5-6-10/h1,8-10,14H,5-7H2,2-3H3,(H,13,16)(H,15,17). The topological polar surface area (TPSA) is 70.2 Å². The first-order valence-corrected chi connectivity index (χ1v) is 5.82. The Morgan fingerprint density at radius 2 is 1.88 bits per heavy atom. The Bertz CT molecular complexity index is 331. The fourth-order valence-corrected chi connectivity index (χ4v) is 1.37. The maximum absolute atomic E-state index is 11.6. The quantitative estimate of drug-likeness (QED) is 0.539. The molecule has 0 saturated heterocycles. The molecule has 0 spiro atoms. The van der Waals surface area contributed by atoms with Gasteiger partial charge >= 0.3 is 0 Å². The largest absolute Gasteiger partial charge is 0.352 e. The summed E-state index contributed by atoms with van der Waals surface area (Å²) in [4.78, 5) is 23.1. The van der Waals surface area contributed by atoms with Crippen LogP contribution in [0.5, 0.6) is 0 Å². The second-order valence-electron chi connectivity index (χ2n) is 4.31. The van der Waals surface area contributed by atoms with Crippen molar-refractivity contribution in [2.24, 2.45) is 0 Å². The van der Waals surface area contributed by atoms with E-state index in [1.54, 1.807) is 13.8 Å². The van der Waals surface area contributed by atoms with Gasteiger partial charge in [-0.25, -0.2) is 0 Å². The highest BCUT2D eigenvalue weighted by molar-refractivity contribution is 5.85. The van der Waals surface area contributed by atoms with Crippen LogP contribution in [0.4, 0.5) is 0 Å². The lowest BCUT2D eigenvalue weighted by molar-refractivity contribution is -0.125. The number of terminal acetylenes is 1. The smallest absolute Gasteiger partial charge is 0.237 e. The number of hydrogen-bond donors (Lipinski definition) is 3. The minimum atomic E-state index is -0.441. The van der Waals surface area contributed by atoms with Crippen molar-refractivity contribution in [1.29, 1.82) is 0 Å². The summed E-state index contributed by atoms with van der Waals surface area (Å²) in [7, 11) is 0. The number of carbonyl (C=O) groups excluding carboxylic acids is 2. The Kier molecular flexibility index (Phi) is 4.98. The average molecular weight is 237 g/mol. The Hall–Kier alpha value is -1.54. The predicted molar refractivity (Wildman–Crippen MR) is 65.1 cm³/mol. The van der Waals surface area contributed by atoms with Crippen LogP contribution in [0.25, 0.3) is 0 Å². The summed E-state index contributed by atoms with van der Waals surface area (Å²) in [6, 6.07) is -0.497. The SMILES string of the molecule is C#CCNC(=O)C(C)NC(C)C(=O)NC1CC1. The zero-order chi connectivity index (χ0) is 12.8. The second-order valence-corrected chi connectivity index (χ2v) is 4.31. The molecule has 2 amide bonds. The molecule has 2 unspecified atom stereocenters. The first-order valence-electron chi connectivity index (χ1n) is 5.82. The van der Waals surface area contributed by atoms with Crippen molar-refractivity contribution in [3.63, 3.8) is 0 Å². The van der Waals surface area contributed by atoms with Gasteiger partial charge in [-0.15, -0.1) is 6.42 Å². The number of amides is 2. The Morgan fingerprint density at radius 1 is 1.29 bits per heavy atom. The zero-order valence-electron chi connectivity index (χ0n) is 10.2. The fourth-order valence-electron chi connectivity index (χ4n) is 1.37. The molecule has 1 rings (SSSR count). The molecule has 0 heterocycles. The number of rotatable bonds is 6. The van der Waals surface area contributed by atoms with Gasteiger partial charge in [-0.05, 0) is 26.7 Å². The van der Waals surface area contributed by atoms with E-state index in [1.165, 1.54) is 0 Å². The van der Waals surface area contributed by atoms with Crippen molar-refractivity contribution in [1.82, 2.24) is 16.0 Å². The van der Waals surface area contributed by atoms with Crippen LogP contribution in [0.1, 0.15) is 26.7 Å². The van der Waals surface area contributed by atoms with Gasteiger partial charge in [-0.3, -0.25) is 14.9 Å². The van der Waals surface area contributed by atoms with Crippen molar-refractivity contribution in [2.75, 3.05) is 6.54 Å². The molecule has 5 nitrogen and oxygen atoms in total. The third-order valence-electron chi connectivity index (χ3n) is 2.57. The van der Waals surface area contributed by atoms with Gasteiger partial charge in [-0.2, -0.15) is 0 Å². The third kappa shape index (κ3) is 4.87. The molecule has 17 heavy (non-hydrogen) atoms. The van der Waals surface area contributed by atoms with E-state index in [-0.39, 0.29) is 24.4 Å². The molecule has 1 aliphatic carbocycles. The van der Waals surface area contributed by atoms with E-state index in [4.69, 9.17) is 6.42 Å². The molecule has 0 aromatic heterocycles. The van der Waals surface area contributed by atoms with E-state index in [1.807, 2.05) is 0 Å². The predicted octanol–water partition coefficient (Wildman–Crippen LogP) is -0.619. The molecule has 94 valence electrons. The molecule has 1 saturated carbocycles. The van der Waals surface area contributed by atoms with Crippen LogP contribution in [0.15, 0.2) is 0 Å². The lowest BCUT2D eigenvalue weighted by Crippen LogP contribution is -2.51. The van der Waals surface area contributed by atoms with Crippen LogP contribution in [0.2, 0.25) is 0 Å². The van der Waals surface area contributed by atoms with E-state index in [2.05, 4.69) is 21.9 Å². The van der Waals surface area contributed by atoms with Crippen LogP contribution >= 0.6 is 0 Å². The molecule has 0 radical (unpaired) electrons. The van der Waals surface area contributed by atoms with Crippen molar-refractivity contribution in [2.45, 2.75) is 44.8 Å². The van der Waals surface area contributed by atoms with Gasteiger partial charge in [0, 0.05) is 6.04 Å². The van der Waals surface area contributed by atoms with Crippen LogP contribution in [0.3, 0.4) is 0 Å². The molecule has 2 atom stereocenters. The Balaban J connectivity index is 2.28. The van der Waals surface area contributed by atoms with Crippen LogP contribution < -0.4 is 16.0 Å². The summed E-state index contributed by atoms with van der Waals surface area (Å²) in [5.74, 6) is 2.06. The Morgan fingerprint density at radius 3 is 2.41 bits per heavy atom. The lowest BCUT2D eigenvalue weighted by atomic mass is 10.2. The molecular formula is C12H19N3O2. The molecule has 5 heteroatoms. The highest BCUT2D eigenvalue weighted by Crippen LogP contribution is 2.18. The van der Waals surface area contributed by atoms with Crippen molar-refractivity contribution >= 4 is 11.8 Å². The molecule has 1 fully saturated rings. The van der Waals surface area contributed by atoms with E-state index < -0.39 is 6.04 Å². The Labute approximate surface area is 102 Å². The van der Waals surface area contributed by atoms with Crippen LogP contribution in [0, 0.1) is 12.3 Å². The number of hydrogen-bond acceptors (Lipinski definition) is 3. The fraction of sp³-hybridized carbons (Fsp3) is 0.667. The maximum atomic E-state index is 11.6. The van der Waals surface area contributed by atoms with Gasteiger partial charge in [0.1, 0.15) is 0 Å². The van der Waals surface area contributed by atoms with E-state index >= 15 is 0 Å². The second kappa shape index (κ2) is 6.26. The molecule has 1 aliphatic rings. The van der Waals surface area contributed by atoms with Gasteiger partial charge in [-0.1, -0.05) is 5.92 Å². The summed E-state index contributed by atoms with van der Waals surface area (Å²) in [5, 5.41) is 8.36. The van der Waals surface area contributed by atoms with Crippen LogP contribution in [-0.4, -0.2) is 36.5 Å². The van der Waals surface area contributed by atoms with E-state index in [9.17, 15) is 9.59 Å². The average Bonchev–Trinajstić information content (AvgIpc) is 3.09.